The molecule has 39 heavy (non-hydrogen) atoms. The second kappa shape index (κ2) is 11.7. The van der Waals surface area contributed by atoms with Gasteiger partial charge in [-0.2, -0.15) is 0 Å². The standard InChI is InChI=1S/C29H33N3O7/c1-29(2,3)39-28(37)31-17-23(33)32-15-7-13-22(32)27(36)38-16-8-14-30-21-12-6-11-20-24(21)26(35)19-10-5-4-9-18(19)25(20)34/h4-6,9-12,22,30H,7-8,13-17H2,1-3H3,(H,31,37)/t22-/m0/s1. The van der Waals surface area contributed by atoms with Crippen molar-refractivity contribution < 1.29 is 33.4 Å². The molecule has 1 heterocycles. The molecule has 2 N–H and O–H groups in total. The van der Waals surface area contributed by atoms with Crippen molar-refractivity contribution in [3.05, 3.63) is 64.7 Å². The van der Waals surface area contributed by atoms with Crippen molar-refractivity contribution in [2.75, 3.05) is 31.6 Å². The SMILES string of the molecule is CC(C)(C)OC(=O)NCC(=O)N1CCC[C@H]1C(=O)OCCCNc1cccc2c1C(=O)c1ccccc1C2=O. The van der Waals surface area contributed by atoms with Crippen LogP contribution in [0.5, 0.6) is 0 Å². The second-order valence-electron chi connectivity index (χ2n) is 10.5. The van der Waals surface area contributed by atoms with Gasteiger partial charge in [-0.15, -0.1) is 0 Å². The van der Waals surface area contributed by atoms with Crippen molar-refractivity contribution in [2.45, 2.75) is 51.7 Å². The molecule has 1 fully saturated rings. The summed E-state index contributed by atoms with van der Waals surface area (Å²) in [5.41, 5.74) is 1.37. The van der Waals surface area contributed by atoms with E-state index in [1.807, 2.05) is 0 Å². The van der Waals surface area contributed by atoms with Crippen molar-refractivity contribution in [3.8, 4) is 0 Å². The number of carbonyl (C=O) groups is 5. The number of ketones is 2. The van der Waals surface area contributed by atoms with Gasteiger partial charge in [0, 0.05) is 35.5 Å². The maximum atomic E-state index is 13.1. The van der Waals surface area contributed by atoms with Gasteiger partial charge in [0.1, 0.15) is 18.2 Å². The van der Waals surface area contributed by atoms with E-state index in [9.17, 15) is 24.0 Å². The molecule has 1 atom stereocenters. The summed E-state index contributed by atoms with van der Waals surface area (Å²) in [4.78, 5) is 64.5. The Labute approximate surface area is 227 Å². The van der Waals surface area contributed by atoms with Crippen LogP contribution >= 0.6 is 0 Å². The van der Waals surface area contributed by atoms with Gasteiger partial charge < -0.3 is 25.0 Å². The Balaban J connectivity index is 1.25. The lowest BCUT2D eigenvalue weighted by Gasteiger charge is -2.24. The van der Waals surface area contributed by atoms with E-state index in [1.54, 1.807) is 63.2 Å². The highest BCUT2D eigenvalue weighted by Crippen LogP contribution is 2.31. The number of nitrogens with one attached hydrogen (secondary N) is 2. The number of carbonyl (C=O) groups excluding carboxylic acids is 5. The molecule has 1 saturated heterocycles. The maximum absolute atomic E-state index is 13.1. The molecule has 0 aromatic heterocycles. The van der Waals surface area contributed by atoms with Gasteiger partial charge in [-0.3, -0.25) is 14.4 Å². The summed E-state index contributed by atoms with van der Waals surface area (Å²) in [5.74, 6) is -1.26. The van der Waals surface area contributed by atoms with Crippen LogP contribution in [0.25, 0.3) is 0 Å². The molecule has 2 aromatic carbocycles. The van der Waals surface area contributed by atoms with Crippen LogP contribution < -0.4 is 10.6 Å². The van der Waals surface area contributed by atoms with E-state index >= 15 is 0 Å². The number of ether oxygens (including phenoxy) is 2. The molecule has 0 radical (unpaired) electrons. The normalized spacial score (nSPS) is 16.3. The number of esters is 1. The number of likely N-dealkylation sites (tertiary alicyclic amines) is 1. The van der Waals surface area contributed by atoms with E-state index in [0.29, 0.717) is 60.3 Å². The van der Waals surface area contributed by atoms with Crippen molar-refractivity contribution in [1.29, 1.82) is 0 Å². The highest BCUT2D eigenvalue weighted by Gasteiger charge is 2.35. The summed E-state index contributed by atoms with van der Waals surface area (Å²) in [6, 6.07) is 11.2. The Morgan fingerprint density at radius 1 is 0.974 bits per heavy atom. The number of amides is 2. The zero-order chi connectivity index (χ0) is 28.2. The van der Waals surface area contributed by atoms with E-state index in [4.69, 9.17) is 9.47 Å². The lowest BCUT2D eigenvalue weighted by molar-refractivity contribution is -0.153. The number of nitrogens with zero attached hydrogens (tertiary/aromatic N) is 1. The van der Waals surface area contributed by atoms with E-state index in [2.05, 4.69) is 10.6 Å². The summed E-state index contributed by atoms with van der Waals surface area (Å²) in [6.07, 6.45) is 0.906. The van der Waals surface area contributed by atoms with Gasteiger partial charge in [0.05, 0.1) is 12.2 Å². The van der Waals surface area contributed by atoms with Gasteiger partial charge in [0.2, 0.25) is 5.91 Å². The summed E-state index contributed by atoms with van der Waals surface area (Å²) >= 11 is 0. The molecule has 1 aliphatic heterocycles. The van der Waals surface area contributed by atoms with Crippen molar-refractivity contribution >= 4 is 35.2 Å². The minimum atomic E-state index is -0.698. The topological polar surface area (TPSA) is 131 Å². The third-order valence-corrected chi connectivity index (χ3v) is 6.46. The average molecular weight is 536 g/mol. The molecule has 1 aliphatic carbocycles. The summed E-state index contributed by atoms with van der Waals surface area (Å²) in [6.45, 7) is 5.84. The third-order valence-electron chi connectivity index (χ3n) is 6.46. The zero-order valence-corrected chi connectivity index (χ0v) is 22.4. The molecule has 0 bridgehead atoms. The third kappa shape index (κ3) is 6.45. The molecule has 0 saturated carbocycles. The Bertz CT molecular complexity index is 1300. The number of alkyl carbamates (subject to hydrolysis) is 1. The Hall–Kier alpha value is -4.21. The number of benzene rings is 2. The van der Waals surface area contributed by atoms with Crippen molar-refractivity contribution in [2.24, 2.45) is 0 Å². The van der Waals surface area contributed by atoms with Gasteiger partial charge in [-0.05, 0) is 46.1 Å². The molecule has 0 spiro atoms. The minimum absolute atomic E-state index is 0.116. The van der Waals surface area contributed by atoms with Gasteiger partial charge in [-0.1, -0.05) is 36.4 Å². The summed E-state index contributed by atoms with van der Waals surface area (Å²) < 4.78 is 10.6. The fourth-order valence-corrected chi connectivity index (χ4v) is 4.73. The van der Waals surface area contributed by atoms with E-state index in [-0.39, 0.29) is 30.6 Å². The smallest absolute Gasteiger partial charge is 0.408 e. The number of fused-ring (bicyclic) bond motifs is 2. The molecular formula is C29H33N3O7. The highest BCUT2D eigenvalue weighted by atomic mass is 16.6. The van der Waals surface area contributed by atoms with Crippen LogP contribution in [0, 0.1) is 0 Å². The average Bonchev–Trinajstić information content (AvgIpc) is 3.39. The van der Waals surface area contributed by atoms with Crippen LogP contribution in [0.1, 0.15) is 71.9 Å². The quantitative estimate of drug-likeness (QED) is 0.332. The highest BCUT2D eigenvalue weighted by molar-refractivity contribution is 6.30. The minimum Gasteiger partial charge on any atom is -0.464 e. The Kier molecular flexibility index (Phi) is 8.32. The molecule has 0 unspecified atom stereocenters. The number of anilines is 1. The van der Waals surface area contributed by atoms with Crippen LogP contribution in [0.4, 0.5) is 10.5 Å². The van der Waals surface area contributed by atoms with Gasteiger partial charge in [0.15, 0.2) is 11.6 Å². The van der Waals surface area contributed by atoms with E-state index in [0.717, 1.165) is 0 Å². The lowest BCUT2D eigenvalue weighted by Crippen LogP contribution is -2.46. The second-order valence-corrected chi connectivity index (χ2v) is 10.5. The Morgan fingerprint density at radius 3 is 2.38 bits per heavy atom. The number of hydrogen-bond acceptors (Lipinski definition) is 8. The van der Waals surface area contributed by atoms with Crippen LogP contribution in [0.2, 0.25) is 0 Å². The molecule has 2 aliphatic rings. The van der Waals surface area contributed by atoms with Crippen molar-refractivity contribution in [3.63, 3.8) is 0 Å². The van der Waals surface area contributed by atoms with Crippen LogP contribution in [-0.4, -0.2) is 72.3 Å². The first-order valence-electron chi connectivity index (χ1n) is 13.0. The fourth-order valence-electron chi connectivity index (χ4n) is 4.73. The molecule has 2 aromatic rings. The van der Waals surface area contributed by atoms with E-state index in [1.165, 1.54) is 4.90 Å². The van der Waals surface area contributed by atoms with Gasteiger partial charge >= 0.3 is 12.1 Å². The van der Waals surface area contributed by atoms with Gasteiger partial charge in [-0.25, -0.2) is 9.59 Å². The van der Waals surface area contributed by atoms with Gasteiger partial charge in [0.25, 0.3) is 0 Å². The lowest BCUT2D eigenvalue weighted by atomic mass is 9.83. The van der Waals surface area contributed by atoms with Crippen molar-refractivity contribution in [1.82, 2.24) is 10.2 Å². The predicted octanol–water partition coefficient (Wildman–Crippen LogP) is 3.32. The first kappa shape index (κ1) is 27.8. The fraction of sp³-hybridized carbons (Fsp3) is 0.414. The zero-order valence-electron chi connectivity index (χ0n) is 22.4. The number of hydrogen-bond donors (Lipinski definition) is 2. The molecule has 2 amide bonds. The Morgan fingerprint density at radius 2 is 1.67 bits per heavy atom. The first-order valence-corrected chi connectivity index (χ1v) is 13.0. The monoisotopic (exact) mass is 535 g/mol. The predicted molar refractivity (Wildman–Crippen MR) is 143 cm³/mol. The summed E-state index contributed by atoms with van der Waals surface area (Å²) in [7, 11) is 0. The molecular weight excluding hydrogens is 502 g/mol. The molecule has 4 rings (SSSR count). The van der Waals surface area contributed by atoms with Crippen LogP contribution in [-0.2, 0) is 19.1 Å². The largest absolute Gasteiger partial charge is 0.464 e. The van der Waals surface area contributed by atoms with Crippen LogP contribution in [0.15, 0.2) is 42.5 Å². The van der Waals surface area contributed by atoms with Crippen LogP contribution in [0.3, 0.4) is 0 Å². The summed E-state index contributed by atoms with van der Waals surface area (Å²) in [5, 5.41) is 5.61. The molecule has 10 heteroatoms. The molecule has 206 valence electrons. The van der Waals surface area contributed by atoms with E-state index < -0.39 is 23.7 Å². The first-order chi connectivity index (χ1) is 18.6. The number of rotatable bonds is 8. The maximum Gasteiger partial charge on any atom is 0.408 e. The molecule has 10 nitrogen and oxygen atoms in total.